The molecule has 1 amide bonds. The average Bonchev–Trinajstić information content (AvgIpc) is 2.63. The lowest BCUT2D eigenvalue weighted by atomic mass is 9.52. The van der Waals surface area contributed by atoms with Crippen LogP contribution >= 0.6 is 0 Å². The van der Waals surface area contributed by atoms with Crippen LogP contribution in [0.25, 0.3) is 0 Å². The van der Waals surface area contributed by atoms with E-state index in [4.69, 9.17) is 0 Å². The summed E-state index contributed by atoms with van der Waals surface area (Å²) in [5.41, 5.74) is 0.0555. The Kier molecular flexibility index (Phi) is 5.51. The minimum Gasteiger partial charge on any atom is -0.508 e. The molecule has 1 aliphatic carbocycles. The number of amides is 1. The summed E-state index contributed by atoms with van der Waals surface area (Å²) in [6, 6.07) is 4.59. The summed E-state index contributed by atoms with van der Waals surface area (Å²) in [6.45, 7) is 8.40. The number of aromatic hydroxyl groups is 1. The first-order valence-corrected chi connectivity index (χ1v) is 10.2. The minimum atomic E-state index is -1.15. The molecule has 0 aromatic heterocycles. The van der Waals surface area contributed by atoms with Crippen molar-refractivity contribution in [2.75, 3.05) is 13.6 Å². The van der Waals surface area contributed by atoms with Crippen LogP contribution in [0.5, 0.6) is 5.75 Å². The van der Waals surface area contributed by atoms with E-state index >= 15 is 0 Å². The van der Waals surface area contributed by atoms with E-state index in [-0.39, 0.29) is 30.0 Å². The Hall–Kier alpha value is -1.63. The molecule has 5 atom stereocenters. The Morgan fingerprint density at radius 1 is 1.32 bits per heavy atom. The Morgan fingerprint density at radius 2 is 2.00 bits per heavy atom. The van der Waals surface area contributed by atoms with Gasteiger partial charge in [-0.05, 0) is 63.5 Å². The molecule has 28 heavy (non-hydrogen) atoms. The lowest BCUT2D eigenvalue weighted by Gasteiger charge is -2.62. The number of aryl methyl sites for hydroxylation is 1. The second-order valence-electron chi connectivity index (χ2n) is 9.16. The molecule has 156 valence electrons. The van der Waals surface area contributed by atoms with E-state index in [1.165, 1.54) is 0 Å². The Morgan fingerprint density at radius 3 is 2.64 bits per heavy atom. The van der Waals surface area contributed by atoms with Crippen molar-refractivity contribution < 1.29 is 20.1 Å². The summed E-state index contributed by atoms with van der Waals surface area (Å²) < 4.78 is 0. The molecule has 1 saturated carbocycles. The third-order valence-electron chi connectivity index (χ3n) is 7.21. The van der Waals surface area contributed by atoms with Gasteiger partial charge in [0.1, 0.15) is 5.75 Å². The van der Waals surface area contributed by atoms with Gasteiger partial charge in [-0.1, -0.05) is 19.9 Å². The van der Waals surface area contributed by atoms with Gasteiger partial charge in [0, 0.05) is 23.8 Å². The number of aliphatic hydroxyl groups excluding tert-OH is 1. The molecule has 6 heteroatoms. The summed E-state index contributed by atoms with van der Waals surface area (Å²) in [6.07, 6.45) is 0.527. The molecule has 0 bridgehead atoms. The van der Waals surface area contributed by atoms with E-state index in [9.17, 15) is 20.1 Å². The number of nitrogens with one attached hydrogen (secondary N) is 1. The van der Waals surface area contributed by atoms with Crippen LogP contribution in [0, 0.1) is 12.8 Å². The van der Waals surface area contributed by atoms with Crippen LogP contribution in [-0.4, -0.2) is 63.5 Å². The third kappa shape index (κ3) is 3.21. The lowest BCUT2D eigenvalue weighted by molar-refractivity contribution is -0.176. The molecule has 2 fully saturated rings. The summed E-state index contributed by atoms with van der Waals surface area (Å²) >= 11 is 0. The number of carbonyl (C=O) groups is 1. The first-order valence-electron chi connectivity index (χ1n) is 10.2. The number of phenols is 1. The Bertz CT molecular complexity index is 752. The third-order valence-corrected chi connectivity index (χ3v) is 7.21. The number of rotatable bonds is 3. The number of aliphatic hydroxyl groups is 2. The molecule has 6 nitrogen and oxygen atoms in total. The van der Waals surface area contributed by atoms with Crippen molar-refractivity contribution in [1.82, 2.24) is 10.2 Å². The second-order valence-corrected chi connectivity index (χ2v) is 9.16. The molecular formula is C22H34N2O4. The molecular weight excluding hydrogens is 356 g/mol. The number of fused-ring (bicyclic) bond motifs is 1. The number of hydrogen-bond acceptors (Lipinski definition) is 5. The van der Waals surface area contributed by atoms with Gasteiger partial charge in [-0.15, -0.1) is 0 Å². The number of likely N-dealkylation sites (N-methyl/N-ethyl adjacent to an activating group) is 1. The highest BCUT2D eigenvalue weighted by molar-refractivity contribution is 5.78. The van der Waals surface area contributed by atoms with Gasteiger partial charge in [0.2, 0.25) is 5.91 Å². The zero-order valence-electron chi connectivity index (χ0n) is 17.6. The average molecular weight is 391 g/mol. The predicted octanol–water partition coefficient (Wildman–Crippen LogP) is 1.69. The number of hydrogen-bond donors (Lipinski definition) is 4. The SMILES string of the molecule is Cc1ccc(O)cc1[C@]12CCN(C)[C@H](C)[C@]1(O)C[C@H](NC(=O)C(C)C)[C@H](O)C2. The summed E-state index contributed by atoms with van der Waals surface area (Å²) in [5.74, 6) is -0.146. The van der Waals surface area contributed by atoms with E-state index in [2.05, 4.69) is 10.2 Å². The quantitative estimate of drug-likeness (QED) is 0.630. The molecule has 0 radical (unpaired) electrons. The summed E-state index contributed by atoms with van der Waals surface area (Å²) in [7, 11) is 1.99. The van der Waals surface area contributed by atoms with Crippen LogP contribution in [0.2, 0.25) is 0 Å². The number of benzene rings is 1. The molecule has 0 spiro atoms. The molecule has 1 aromatic carbocycles. The van der Waals surface area contributed by atoms with Crippen LogP contribution in [0.1, 0.15) is 51.2 Å². The maximum atomic E-state index is 12.3. The number of piperidine rings is 1. The highest BCUT2D eigenvalue weighted by atomic mass is 16.3. The monoisotopic (exact) mass is 390 g/mol. The molecule has 2 aliphatic rings. The van der Waals surface area contributed by atoms with Gasteiger partial charge in [-0.3, -0.25) is 4.79 Å². The van der Waals surface area contributed by atoms with E-state index in [1.807, 2.05) is 40.8 Å². The van der Waals surface area contributed by atoms with Crippen LogP contribution in [-0.2, 0) is 10.2 Å². The molecule has 1 heterocycles. The molecule has 1 aromatic rings. The van der Waals surface area contributed by atoms with Crippen LogP contribution in [0.4, 0.5) is 0 Å². The number of likely N-dealkylation sites (tertiary alicyclic amines) is 1. The van der Waals surface area contributed by atoms with Crippen LogP contribution in [0.3, 0.4) is 0 Å². The van der Waals surface area contributed by atoms with Crippen molar-refractivity contribution in [3.63, 3.8) is 0 Å². The Labute approximate surface area is 167 Å². The van der Waals surface area contributed by atoms with Crippen molar-refractivity contribution >= 4 is 5.91 Å². The normalized spacial score (nSPS) is 36.2. The van der Waals surface area contributed by atoms with Gasteiger partial charge in [0.25, 0.3) is 0 Å². The summed E-state index contributed by atoms with van der Waals surface area (Å²) in [5, 5.41) is 36.2. The number of phenolic OH excluding ortho intramolecular Hbond substituents is 1. The van der Waals surface area contributed by atoms with Crippen LogP contribution in [0.15, 0.2) is 18.2 Å². The topological polar surface area (TPSA) is 93.0 Å². The minimum absolute atomic E-state index is 0.120. The standard InChI is InChI=1S/C22H34N2O4/c1-13(2)20(27)23-18-11-22(28)15(4)24(5)9-8-21(22,12-19(18)26)17-10-16(25)7-6-14(17)3/h6-7,10,13,15,18-19,25-26,28H,8-9,11-12H2,1-5H3,(H,23,27)/t15-,18+,19-,21-,22-/m1/s1. The van der Waals surface area contributed by atoms with Gasteiger partial charge >= 0.3 is 0 Å². The highest BCUT2D eigenvalue weighted by Crippen LogP contribution is 2.54. The highest BCUT2D eigenvalue weighted by Gasteiger charge is 2.62. The van der Waals surface area contributed by atoms with Crippen molar-refractivity contribution in [3.8, 4) is 5.75 Å². The van der Waals surface area contributed by atoms with Crippen molar-refractivity contribution in [2.24, 2.45) is 5.92 Å². The fourth-order valence-corrected chi connectivity index (χ4v) is 5.26. The van der Waals surface area contributed by atoms with E-state index in [0.717, 1.165) is 17.7 Å². The largest absolute Gasteiger partial charge is 0.508 e. The van der Waals surface area contributed by atoms with Crippen molar-refractivity contribution in [2.45, 2.75) is 76.2 Å². The van der Waals surface area contributed by atoms with E-state index in [0.29, 0.717) is 12.8 Å². The molecule has 1 aliphatic heterocycles. The van der Waals surface area contributed by atoms with E-state index in [1.54, 1.807) is 12.1 Å². The van der Waals surface area contributed by atoms with Crippen molar-refractivity contribution in [1.29, 1.82) is 0 Å². The Balaban J connectivity index is 2.08. The number of carbonyl (C=O) groups excluding carboxylic acids is 1. The van der Waals surface area contributed by atoms with Gasteiger partial charge in [0.05, 0.1) is 17.7 Å². The first kappa shape index (κ1) is 21.1. The maximum absolute atomic E-state index is 12.3. The molecule has 4 N–H and O–H groups in total. The van der Waals surface area contributed by atoms with E-state index < -0.39 is 23.2 Å². The van der Waals surface area contributed by atoms with Gasteiger partial charge in [-0.2, -0.15) is 0 Å². The molecule has 0 unspecified atom stereocenters. The van der Waals surface area contributed by atoms with Gasteiger partial charge in [-0.25, -0.2) is 0 Å². The number of nitrogens with zero attached hydrogens (tertiary/aromatic N) is 1. The first-order chi connectivity index (χ1) is 13.0. The summed E-state index contributed by atoms with van der Waals surface area (Å²) in [4.78, 5) is 14.4. The second kappa shape index (κ2) is 7.32. The zero-order valence-corrected chi connectivity index (χ0v) is 17.6. The van der Waals surface area contributed by atoms with Gasteiger partial charge in [0.15, 0.2) is 0 Å². The smallest absolute Gasteiger partial charge is 0.222 e. The van der Waals surface area contributed by atoms with Crippen molar-refractivity contribution in [3.05, 3.63) is 29.3 Å². The zero-order chi connectivity index (χ0) is 20.9. The fourth-order valence-electron chi connectivity index (χ4n) is 5.26. The lowest BCUT2D eigenvalue weighted by Crippen LogP contribution is -2.73. The van der Waals surface area contributed by atoms with Crippen LogP contribution < -0.4 is 5.32 Å². The maximum Gasteiger partial charge on any atom is 0.222 e. The molecule has 1 saturated heterocycles. The fraction of sp³-hybridized carbons (Fsp3) is 0.682. The van der Waals surface area contributed by atoms with Gasteiger partial charge < -0.3 is 25.5 Å². The predicted molar refractivity (Wildman–Crippen MR) is 108 cm³/mol. The molecule has 3 rings (SSSR count).